The summed E-state index contributed by atoms with van der Waals surface area (Å²) in [5.41, 5.74) is 0.944. The van der Waals surface area contributed by atoms with Crippen LogP contribution in [0.5, 0.6) is 0 Å². The Labute approximate surface area is 150 Å². The van der Waals surface area contributed by atoms with Crippen molar-refractivity contribution in [1.29, 1.82) is 0 Å². The average Bonchev–Trinajstić information content (AvgIpc) is 2.93. The van der Waals surface area contributed by atoms with E-state index in [0.717, 1.165) is 0 Å². The number of benzene rings is 2. The Hall–Kier alpha value is -2.78. The maximum atomic E-state index is 12.8. The molecular weight excluding hydrogens is 356 g/mol. The number of nitro benzene ring substituents is 1. The average molecular weight is 374 g/mol. The second-order valence-electron chi connectivity index (χ2n) is 6.54. The molecule has 8 nitrogen and oxygen atoms in total. The topological polar surface area (TPSA) is 118 Å². The first-order chi connectivity index (χ1) is 12.1. The van der Waals surface area contributed by atoms with Crippen LogP contribution in [0, 0.1) is 17.0 Å². The van der Waals surface area contributed by atoms with Gasteiger partial charge in [-0.15, -0.1) is 0 Å². The van der Waals surface area contributed by atoms with E-state index in [1.165, 1.54) is 24.3 Å². The van der Waals surface area contributed by atoms with E-state index in [4.69, 9.17) is 0 Å². The standard InChI is InChI=1S/C17H18N4O4S/c1-11-18-15-9-8-14(10-16(15)19-11)26(24,25)20-17(2,3)12-4-6-13(7-5-12)21(22)23/h4-10,20H,1-3H3,(H,18,19). The van der Waals surface area contributed by atoms with Crippen molar-refractivity contribution in [2.75, 3.05) is 0 Å². The molecule has 2 aromatic carbocycles. The molecule has 0 fully saturated rings. The van der Waals surface area contributed by atoms with Gasteiger partial charge in [0, 0.05) is 12.1 Å². The molecule has 0 saturated heterocycles. The third-order valence-corrected chi connectivity index (χ3v) is 5.72. The fraction of sp³-hybridized carbons (Fsp3) is 0.235. The molecule has 0 aliphatic heterocycles. The van der Waals surface area contributed by atoms with Crippen LogP contribution in [0.1, 0.15) is 25.2 Å². The number of non-ortho nitro benzene ring substituents is 1. The molecule has 0 radical (unpaired) electrons. The molecule has 0 spiro atoms. The predicted octanol–water partition coefficient (Wildman–Crippen LogP) is 2.99. The van der Waals surface area contributed by atoms with E-state index >= 15 is 0 Å². The Morgan fingerprint density at radius 3 is 2.42 bits per heavy atom. The Morgan fingerprint density at radius 1 is 1.15 bits per heavy atom. The lowest BCUT2D eigenvalue weighted by Gasteiger charge is -2.26. The van der Waals surface area contributed by atoms with Gasteiger partial charge in [-0.3, -0.25) is 10.1 Å². The summed E-state index contributed by atoms with van der Waals surface area (Å²) in [7, 11) is -3.81. The first-order valence-electron chi connectivity index (χ1n) is 7.84. The summed E-state index contributed by atoms with van der Waals surface area (Å²) in [4.78, 5) is 17.7. The van der Waals surface area contributed by atoms with Gasteiger partial charge in [-0.2, -0.15) is 0 Å². The normalized spacial score (nSPS) is 12.4. The molecule has 3 aromatic rings. The van der Waals surface area contributed by atoms with E-state index < -0.39 is 20.5 Å². The quantitative estimate of drug-likeness (QED) is 0.526. The van der Waals surface area contributed by atoms with Gasteiger partial charge in [0.2, 0.25) is 10.0 Å². The fourth-order valence-corrected chi connectivity index (χ4v) is 4.16. The lowest BCUT2D eigenvalue weighted by Crippen LogP contribution is -2.40. The first-order valence-corrected chi connectivity index (χ1v) is 9.32. The summed E-state index contributed by atoms with van der Waals surface area (Å²) >= 11 is 0. The van der Waals surface area contributed by atoms with E-state index in [1.807, 2.05) is 0 Å². The predicted molar refractivity (Wildman–Crippen MR) is 97.3 cm³/mol. The van der Waals surface area contributed by atoms with E-state index in [-0.39, 0.29) is 10.6 Å². The van der Waals surface area contributed by atoms with Gasteiger partial charge in [-0.05, 0) is 44.5 Å². The van der Waals surface area contributed by atoms with Crippen LogP contribution in [0.25, 0.3) is 11.0 Å². The van der Waals surface area contributed by atoms with Crippen molar-refractivity contribution in [3.63, 3.8) is 0 Å². The van der Waals surface area contributed by atoms with Crippen molar-refractivity contribution in [1.82, 2.24) is 14.7 Å². The molecule has 0 saturated carbocycles. The SMILES string of the molecule is Cc1nc2ccc(S(=O)(=O)NC(C)(C)c3ccc([N+](=O)[O-])cc3)cc2[nH]1. The molecule has 1 heterocycles. The van der Waals surface area contributed by atoms with Crippen molar-refractivity contribution in [2.45, 2.75) is 31.2 Å². The molecule has 0 aliphatic carbocycles. The highest BCUT2D eigenvalue weighted by atomic mass is 32.2. The van der Waals surface area contributed by atoms with Gasteiger partial charge in [-0.1, -0.05) is 12.1 Å². The van der Waals surface area contributed by atoms with E-state index in [9.17, 15) is 18.5 Å². The number of imidazole rings is 1. The zero-order valence-electron chi connectivity index (χ0n) is 14.5. The van der Waals surface area contributed by atoms with E-state index in [0.29, 0.717) is 22.4 Å². The molecule has 1 aromatic heterocycles. The first kappa shape index (κ1) is 18.0. The van der Waals surface area contributed by atoms with Crippen molar-refractivity contribution in [2.24, 2.45) is 0 Å². The molecule has 0 bridgehead atoms. The number of nitrogens with one attached hydrogen (secondary N) is 2. The van der Waals surface area contributed by atoms with Crippen LogP contribution in [0.4, 0.5) is 5.69 Å². The molecule has 2 N–H and O–H groups in total. The highest BCUT2D eigenvalue weighted by molar-refractivity contribution is 7.89. The van der Waals surface area contributed by atoms with Gasteiger partial charge in [0.25, 0.3) is 5.69 Å². The third-order valence-electron chi connectivity index (χ3n) is 4.07. The number of aromatic amines is 1. The van der Waals surface area contributed by atoms with Crippen LogP contribution >= 0.6 is 0 Å². The van der Waals surface area contributed by atoms with E-state index in [2.05, 4.69) is 14.7 Å². The third kappa shape index (κ3) is 3.44. The minimum atomic E-state index is -3.81. The van der Waals surface area contributed by atoms with Gasteiger partial charge in [0.1, 0.15) is 5.82 Å². The van der Waals surface area contributed by atoms with Crippen LogP contribution in [0.3, 0.4) is 0 Å². The van der Waals surface area contributed by atoms with Crippen LogP contribution < -0.4 is 4.72 Å². The van der Waals surface area contributed by atoms with Gasteiger partial charge < -0.3 is 4.98 Å². The van der Waals surface area contributed by atoms with Gasteiger partial charge in [0.15, 0.2) is 0 Å². The number of rotatable bonds is 5. The summed E-state index contributed by atoms with van der Waals surface area (Å²) in [6.45, 7) is 5.19. The van der Waals surface area contributed by atoms with Crippen molar-refractivity contribution < 1.29 is 13.3 Å². The number of hydrogen-bond donors (Lipinski definition) is 2. The number of aryl methyl sites for hydroxylation is 1. The number of nitro groups is 1. The van der Waals surface area contributed by atoms with Crippen LogP contribution in [0.2, 0.25) is 0 Å². The number of H-pyrrole nitrogens is 1. The minimum Gasteiger partial charge on any atom is -0.342 e. The fourth-order valence-electron chi connectivity index (χ4n) is 2.74. The molecule has 9 heteroatoms. The molecular formula is C17H18N4O4S. The monoisotopic (exact) mass is 374 g/mol. The lowest BCUT2D eigenvalue weighted by molar-refractivity contribution is -0.384. The number of sulfonamides is 1. The summed E-state index contributed by atoms with van der Waals surface area (Å²) in [5, 5.41) is 10.8. The molecule has 0 atom stereocenters. The summed E-state index contributed by atoms with van der Waals surface area (Å²) in [6, 6.07) is 10.5. The van der Waals surface area contributed by atoms with Gasteiger partial charge >= 0.3 is 0 Å². The summed E-state index contributed by atoms with van der Waals surface area (Å²) in [5.74, 6) is 0.703. The van der Waals surface area contributed by atoms with Gasteiger partial charge in [0.05, 0.1) is 26.4 Å². The number of fused-ring (bicyclic) bond motifs is 1. The van der Waals surface area contributed by atoms with Crippen LogP contribution in [0.15, 0.2) is 47.4 Å². The maximum Gasteiger partial charge on any atom is 0.269 e. The van der Waals surface area contributed by atoms with Crippen molar-refractivity contribution in [3.8, 4) is 0 Å². The Kier molecular flexibility index (Phi) is 4.29. The maximum absolute atomic E-state index is 12.8. The Balaban J connectivity index is 1.91. The highest BCUT2D eigenvalue weighted by Gasteiger charge is 2.28. The summed E-state index contributed by atoms with van der Waals surface area (Å²) in [6.07, 6.45) is 0. The number of aromatic nitrogens is 2. The molecule has 0 unspecified atom stereocenters. The highest BCUT2D eigenvalue weighted by Crippen LogP contribution is 2.26. The largest absolute Gasteiger partial charge is 0.342 e. The van der Waals surface area contributed by atoms with Crippen molar-refractivity contribution in [3.05, 3.63) is 64.0 Å². The molecule has 0 aliphatic rings. The Morgan fingerprint density at radius 2 is 1.81 bits per heavy atom. The lowest BCUT2D eigenvalue weighted by atomic mass is 9.96. The smallest absolute Gasteiger partial charge is 0.269 e. The Bertz CT molecular complexity index is 1090. The number of nitrogens with zero attached hydrogens (tertiary/aromatic N) is 2. The number of hydrogen-bond acceptors (Lipinski definition) is 5. The molecule has 136 valence electrons. The zero-order valence-corrected chi connectivity index (χ0v) is 15.3. The second kappa shape index (κ2) is 6.19. The van der Waals surface area contributed by atoms with Gasteiger partial charge in [-0.25, -0.2) is 18.1 Å². The molecule has 26 heavy (non-hydrogen) atoms. The van der Waals surface area contributed by atoms with Crippen LogP contribution in [-0.4, -0.2) is 23.3 Å². The zero-order chi connectivity index (χ0) is 19.1. The van der Waals surface area contributed by atoms with Crippen molar-refractivity contribution >= 4 is 26.7 Å². The van der Waals surface area contributed by atoms with Crippen LogP contribution in [-0.2, 0) is 15.6 Å². The summed E-state index contributed by atoms with van der Waals surface area (Å²) < 4.78 is 28.2. The van der Waals surface area contributed by atoms with E-state index in [1.54, 1.807) is 39.0 Å². The molecule has 0 amide bonds. The molecule has 3 rings (SSSR count). The second-order valence-corrected chi connectivity index (χ2v) is 8.22. The minimum absolute atomic E-state index is 0.0486.